The van der Waals surface area contributed by atoms with Gasteiger partial charge in [-0.2, -0.15) is 5.10 Å². The van der Waals surface area contributed by atoms with Crippen LogP contribution in [0.15, 0.2) is 60.9 Å². The van der Waals surface area contributed by atoms with Crippen molar-refractivity contribution in [3.63, 3.8) is 0 Å². The Morgan fingerprint density at radius 3 is 2.77 bits per heavy atom. The van der Waals surface area contributed by atoms with Crippen molar-refractivity contribution in [2.45, 2.75) is 13.0 Å². The molecule has 0 saturated heterocycles. The average molecular weight is 345 g/mol. The quantitative estimate of drug-likeness (QED) is 0.515. The van der Waals surface area contributed by atoms with Crippen LogP contribution in [0.4, 0.5) is 5.82 Å². The van der Waals surface area contributed by atoms with E-state index in [4.69, 9.17) is 0 Å². The van der Waals surface area contributed by atoms with Gasteiger partial charge in [-0.3, -0.25) is 10.1 Å². The number of aliphatic hydroxyl groups is 1. The van der Waals surface area contributed by atoms with Crippen LogP contribution in [-0.2, 0) is 0 Å². The zero-order valence-corrected chi connectivity index (χ0v) is 14.3. The molecular weight excluding hydrogens is 326 g/mol. The summed E-state index contributed by atoms with van der Waals surface area (Å²) in [5.74, 6) is 0.620. The van der Waals surface area contributed by atoms with Crippen molar-refractivity contribution < 1.29 is 5.11 Å². The lowest BCUT2D eigenvalue weighted by Gasteiger charge is -2.17. The summed E-state index contributed by atoms with van der Waals surface area (Å²) in [6.07, 6.45) is 3.40. The molecule has 2 aromatic heterocycles. The van der Waals surface area contributed by atoms with Crippen molar-refractivity contribution in [1.82, 2.24) is 20.2 Å². The van der Waals surface area contributed by atoms with Gasteiger partial charge in [0.2, 0.25) is 0 Å². The Morgan fingerprint density at radius 1 is 1.12 bits per heavy atom. The zero-order chi connectivity index (χ0) is 17.9. The number of anilines is 1. The molecule has 3 N–H and O–H groups in total. The Morgan fingerprint density at radius 2 is 1.96 bits per heavy atom. The molecule has 2 aromatic carbocycles. The highest BCUT2D eigenvalue weighted by atomic mass is 16.3. The monoisotopic (exact) mass is 345 g/mol. The normalized spacial score (nSPS) is 12.2. The minimum absolute atomic E-state index is 0.0317. The molecule has 2 heterocycles. The molecule has 1 atom stereocenters. The maximum atomic E-state index is 9.73. The molecule has 0 aliphatic carbocycles. The lowest BCUT2D eigenvalue weighted by molar-refractivity contribution is 0.276. The van der Waals surface area contributed by atoms with Crippen molar-refractivity contribution in [1.29, 1.82) is 0 Å². The molecule has 0 fully saturated rings. The second kappa shape index (κ2) is 6.93. The largest absolute Gasteiger partial charge is 0.394 e. The average Bonchev–Trinajstić information content (AvgIpc) is 3.07. The first kappa shape index (κ1) is 16.2. The molecule has 0 radical (unpaired) electrons. The fraction of sp³-hybridized carbons (Fsp3) is 0.150. The number of hydrogen-bond donors (Lipinski definition) is 3. The predicted molar refractivity (Wildman–Crippen MR) is 102 cm³/mol. The van der Waals surface area contributed by atoms with E-state index < -0.39 is 0 Å². The molecule has 0 saturated carbocycles. The number of aryl methyl sites for hydroxylation is 1. The van der Waals surface area contributed by atoms with E-state index in [1.54, 1.807) is 12.4 Å². The van der Waals surface area contributed by atoms with Crippen LogP contribution in [0, 0.1) is 6.92 Å². The number of rotatable bonds is 5. The van der Waals surface area contributed by atoms with Crippen molar-refractivity contribution in [3.8, 4) is 11.3 Å². The number of fused-ring (bicyclic) bond motifs is 1. The summed E-state index contributed by atoms with van der Waals surface area (Å²) in [6, 6.07) is 15.6. The molecule has 6 nitrogen and oxygen atoms in total. The third kappa shape index (κ3) is 3.14. The number of hydrogen-bond acceptors (Lipinski definition) is 5. The van der Waals surface area contributed by atoms with Crippen molar-refractivity contribution >= 4 is 16.7 Å². The molecule has 6 heteroatoms. The number of aromatic amines is 1. The van der Waals surface area contributed by atoms with Crippen LogP contribution < -0.4 is 5.32 Å². The van der Waals surface area contributed by atoms with Gasteiger partial charge in [-0.25, -0.2) is 4.98 Å². The van der Waals surface area contributed by atoms with Crippen LogP contribution >= 0.6 is 0 Å². The smallest absolute Gasteiger partial charge is 0.145 e. The lowest BCUT2D eigenvalue weighted by atomic mass is 10.1. The number of benzene rings is 2. The second-order valence-electron chi connectivity index (χ2n) is 6.16. The highest BCUT2D eigenvalue weighted by molar-refractivity contribution is 5.85. The van der Waals surface area contributed by atoms with E-state index in [1.165, 1.54) is 0 Å². The summed E-state index contributed by atoms with van der Waals surface area (Å²) in [6.45, 7) is 1.96. The lowest BCUT2D eigenvalue weighted by Crippen LogP contribution is -2.15. The molecule has 0 aliphatic rings. The van der Waals surface area contributed by atoms with Crippen LogP contribution in [0.2, 0.25) is 0 Å². The summed E-state index contributed by atoms with van der Waals surface area (Å²) < 4.78 is 0. The van der Waals surface area contributed by atoms with E-state index in [9.17, 15) is 5.11 Å². The van der Waals surface area contributed by atoms with E-state index >= 15 is 0 Å². The minimum Gasteiger partial charge on any atom is -0.394 e. The molecule has 0 amide bonds. The standard InChI is InChI=1S/C20H19N5O/c1-13-16-9-15(7-8-17(16)25-24-13)18-10-21-11-20(22-18)23-19(12-26)14-5-3-2-4-6-14/h2-11,19,26H,12H2,1H3,(H,22,23)(H,24,25)/t19-/m1/s1. The topological polar surface area (TPSA) is 86.7 Å². The van der Waals surface area contributed by atoms with E-state index in [2.05, 4.69) is 31.5 Å². The van der Waals surface area contributed by atoms with Gasteiger partial charge in [0.1, 0.15) is 5.82 Å². The molecule has 4 aromatic rings. The van der Waals surface area contributed by atoms with Gasteiger partial charge in [0.25, 0.3) is 0 Å². The minimum atomic E-state index is -0.237. The van der Waals surface area contributed by atoms with Gasteiger partial charge in [-0.15, -0.1) is 0 Å². The van der Waals surface area contributed by atoms with Crippen LogP contribution in [0.5, 0.6) is 0 Å². The molecule has 4 rings (SSSR count). The fourth-order valence-electron chi connectivity index (χ4n) is 2.97. The van der Waals surface area contributed by atoms with E-state index in [0.29, 0.717) is 5.82 Å². The second-order valence-corrected chi connectivity index (χ2v) is 6.16. The van der Waals surface area contributed by atoms with Gasteiger partial charge in [0.05, 0.1) is 36.3 Å². The van der Waals surface area contributed by atoms with E-state index in [1.807, 2.05) is 49.4 Å². The molecule has 0 aliphatic heterocycles. The Balaban J connectivity index is 1.64. The molecule has 0 spiro atoms. The Labute approximate surface area is 151 Å². The Kier molecular flexibility index (Phi) is 4.33. The SMILES string of the molecule is Cc1[nH]nc2ccc(-c3cncc(N[C@H](CO)c4ccccc4)n3)cc12. The Hall–Kier alpha value is -3.25. The number of aliphatic hydroxyl groups excluding tert-OH is 1. The number of H-pyrrole nitrogens is 1. The molecule has 0 bridgehead atoms. The van der Waals surface area contributed by atoms with E-state index in [-0.39, 0.29) is 12.6 Å². The third-order valence-electron chi connectivity index (χ3n) is 4.38. The molecule has 0 unspecified atom stereocenters. The highest BCUT2D eigenvalue weighted by Gasteiger charge is 2.12. The maximum Gasteiger partial charge on any atom is 0.145 e. The van der Waals surface area contributed by atoms with Crippen molar-refractivity contribution in [3.05, 3.63) is 72.2 Å². The highest BCUT2D eigenvalue weighted by Crippen LogP contribution is 2.25. The maximum absolute atomic E-state index is 9.73. The Bertz CT molecular complexity index is 1030. The summed E-state index contributed by atoms with van der Waals surface area (Å²) in [4.78, 5) is 8.96. The van der Waals surface area contributed by atoms with Gasteiger partial charge in [0, 0.05) is 16.6 Å². The molecular formula is C20H19N5O. The van der Waals surface area contributed by atoms with Gasteiger partial charge in [-0.05, 0) is 24.6 Å². The van der Waals surface area contributed by atoms with Gasteiger partial charge in [0.15, 0.2) is 0 Å². The summed E-state index contributed by atoms with van der Waals surface area (Å²) in [7, 11) is 0. The van der Waals surface area contributed by atoms with Crippen LogP contribution in [0.3, 0.4) is 0 Å². The summed E-state index contributed by atoms with van der Waals surface area (Å²) >= 11 is 0. The van der Waals surface area contributed by atoms with Crippen molar-refractivity contribution in [2.24, 2.45) is 0 Å². The van der Waals surface area contributed by atoms with Gasteiger partial charge >= 0.3 is 0 Å². The van der Waals surface area contributed by atoms with Crippen LogP contribution in [0.1, 0.15) is 17.3 Å². The molecule has 130 valence electrons. The summed E-state index contributed by atoms with van der Waals surface area (Å²) in [5.41, 5.74) is 4.68. The van der Waals surface area contributed by atoms with Gasteiger partial charge in [-0.1, -0.05) is 36.4 Å². The first-order valence-electron chi connectivity index (χ1n) is 8.44. The molecule has 26 heavy (non-hydrogen) atoms. The third-order valence-corrected chi connectivity index (χ3v) is 4.38. The van der Waals surface area contributed by atoms with Crippen LogP contribution in [-0.4, -0.2) is 31.9 Å². The predicted octanol–water partition coefficient (Wildman–Crippen LogP) is 3.47. The van der Waals surface area contributed by atoms with Gasteiger partial charge < -0.3 is 10.4 Å². The fourth-order valence-corrected chi connectivity index (χ4v) is 2.97. The van der Waals surface area contributed by atoms with Crippen LogP contribution in [0.25, 0.3) is 22.2 Å². The number of nitrogens with one attached hydrogen (secondary N) is 2. The first-order valence-corrected chi connectivity index (χ1v) is 8.44. The number of aromatic nitrogens is 4. The summed E-state index contributed by atoms with van der Waals surface area (Å²) in [5, 5.41) is 21.3. The van der Waals surface area contributed by atoms with E-state index in [0.717, 1.165) is 33.4 Å². The van der Waals surface area contributed by atoms with Crippen molar-refractivity contribution in [2.75, 3.05) is 11.9 Å². The zero-order valence-electron chi connectivity index (χ0n) is 14.3. The first-order chi connectivity index (χ1) is 12.7. The number of nitrogens with zero attached hydrogens (tertiary/aromatic N) is 3.